The van der Waals surface area contributed by atoms with Crippen LogP contribution in [0.1, 0.15) is 42.4 Å². The van der Waals surface area contributed by atoms with E-state index in [-0.39, 0.29) is 11.2 Å². The second-order valence-corrected chi connectivity index (χ2v) is 10.2. The highest BCUT2D eigenvalue weighted by Gasteiger charge is 2.35. The van der Waals surface area contributed by atoms with E-state index in [0.717, 1.165) is 23.6 Å². The fourth-order valence-corrected chi connectivity index (χ4v) is 4.92. The van der Waals surface area contributed by atoms with Crippen LogP contribution < -0.4 is 10.6 Å². The Labute approximate surface area is 174 Å². The molecule has 156 valence electrons. The van der Waals surface area contributed by atoms with Gasteiger partial charge in [-0.1, -0.05) is 67.4 Å². The van der Waals surface area contributed by atoms with Crippen LogP contribution in [0.4, 0.5) is 0 Å². The zero-order valence-corrected chi connectivity index (χ0v) is 18.1. The number of rotatable bonds is 7. The number of hydrogen-bond acceptors (Lipinski definition) is 3. The predicted molar refractivity (Wildman–Crippen MR) is 120 cm³/mol. The van der Waals surface area contributed by atoms with Crippen LogP contribution in [-0.2, 0) is 27.5 Å². The molecule has 3 rings (SSSR count). The molecule has 0 aromatic heterocycles. The van der Waals surface area contributed by atoms with Crippen molar-refractivity contribution in [3.63, 3.8) is 0 Å². The van der Waals surface area contributed by atoms with E-state index in [2.05, 4.69) is 46.0 Å². The van der Waals surface area contributed by atoms with Gasteiger partial charge in [-0.25, -0.2) is 8.42 Å². The quantitative estimate of drug-likeness (QED) is 0.539. The van der Waals surface area contributed by atoms with Gasteiger partial charge in [0, 0.05) is 31.8 Å². The molecule has 5 nitrogen and oxygen atoms in total. The number of nitrogens with zero attached hydrogens (tertiary/aromatic N) is 1. The van der Waals surface area contributed by atoms with Crippen molar-refractivity contribution in [2.45, 2.75) is 43.4 Å². The summed E-state index contributed by atoms with van der Waals surface area (Å²) in [6, 6.07) is 18.5. The lowest BCUT2D eigenvalue weighted by atomic mass is 9.79. The van der Waals surface area contributed by atoms with Gasteiger partial charge in [0.25, 0.3) is 0 Å². The molecule has 0 amide bonds. The smallest absolute Gasteiger partial charge is 0.191 e. The van der Waals surface area contributed by atoms with Crippen molar-refractivity contribution in [1.82, 2.24) is 10.6 Å². The molecule has 1 fully saturated rings. The molecule has 29 heavy (non-hydrogen) atoms. The van der Waals surface area contributed by atoms with Crippen LogP contribution in [0.5, 0.6) is 0 Å². The molecule has 1 aliphatic carbocycles. The maximum absolute atomic E-state index is 11.4. The third-order valence-corrected chi connectivity index (χ3v) is 6.53. The Balaban J connectivity index is 1.57. The van der Waals surface area contributed by atoms with Gasteiger partial charge in [0.15, 0.2) is 15.8 Å². The zero-order valence-electron chi connectivity index (χ0n) is 17.3. The highest BCUT2D eigenvalue weighted by Crippen LogP contribution is 2.40. The van der Waals surface area contributed by atoms with Crippen LogP contribution in [0.3, 0.4) is 0 Å². The molecule has 0 spiro atoms. The Kier molecular flexibility index (Phi) is 6.96. The van der Waals surface area contributed by atoms with E-state index in [1.807, 2.05) is 24.3 Å². The van der Waals surface area contributed by atoms with Gasteiger partial charge in [-0.15, -0.1) is 0 Å². The highest BCUT2D eigenvalue weighted by atomic mass is 32.2. The van der Waals surface area contributed by atoms with Gasteiger partial charge in [-0.05, 0) is 29.5 Å². The van der Waals surface area contributed by atoms with E-state index < -0.39 is 9.84 Å². The Hall–Kier alpha value is -2.34. The fourth-order valence-electron chi connectivity index (χ4n) is 4.13. The summed E-state index contributed by atoms with van der Waals surface area (Å²) in [6.07, 6.45) is 6.18. The minimum atomic E-state index is -3.01. The predicted octanol–water partition coefficient (Wildman–Crippen LogP) is 3.41. The lowest BCUT2D eigenvalue weighted by molar-refractivity contribution is 0.431. The van der Waals surface area contributed by atoms with Crippen LogP contribution >= 0.6 is 0 Å². The van der Waals surface area contributed by atoms with Gasteiger partial charge in [0.05, 0.1) is 5.75 Å². The second-order valence-electron chi connectivity index (χ2n) is 8.02. The molecule has 1 saturated carbocycles. The summed E-state index contributed by atoms with van der Waals surface area (Å²) in [5.74, 6) is 0.860. The summed E-state index contributed by atoms with van der Waals surface area (Å²) >= 11 is 0. The van der Waals surface area contributed by atoms with Crippen molar-refractivity contribution in [1.29, 1.82) is 0 Å². The summed E-state index contributed by atoms with van der Waals surface area (Å²) in [4.78, 5) is 4.37. The molecule has 0 unspecified atom stereocenters. The standard InChI is InChI=1S/C23H31N3O2S/c1-24-22(25-16-19-10-12-20(13-11-19)17-29(2,27)28)26-18-23(14-6-7-15-23)21-8-4-3-5-9-21/h3-5,8-13H,6-7,14-18H2,1-2H3,(H2,24,25,26). The molecule has 0 bridgehead atoms. The van der Waals surface area contributed by atoms with Gasteiger partial charge >= 0.3 is 0 Å². The second kappa shape index (κ2) is 9.44. The van der Waals surface area contributed by atoms with Crippen molar-refractivity contribution in [3.8, 4) is 0 Å². The van der Waals surface area contributed by atoms with Crippen molar-refractivity contribution < 1.29 is 8.42 Å². The fraction of sp³-hybridized carbons (Fsp3) is 0.435. The SMILES string of the molecule is CN=C(NCc1ccc(CS(C)(=O)=O)cc1)NCC1(c2ccccc2)CCCC1. The maximum atomic E-state index is 11.4. The average molecular weight is 414 g/mol. The molecule has 0 atom stereocenters. The molecule has 0 radical (unpaired) electrons. The lowest BCUT2D eigenvalue weighted by Gasteiger charge is -2.30. The van der Waals surface area contributed by atoms with Crippen LogP contribution in [0.25, 0.3) is 0 Å². The van der Waals surface area contributed by atoms with E-state index in [0.29, 0.717) is 6.54 Å². The number of benzene rings is 2. The minimum absolute atomic E-state index is 0.0749. The molecular weight excluding hydrogens is 382 g/mol. The highest BCUT2D eigenvalue weighted by molar-refractivity contribution is 7.89. The van der Waals surface area contributed by atoms with Crippen molar-refractivity contribution in [2.75, 3.05) is 19.8 Å². The zero-order chi connectivity index (χ0) is 20.7. The first-order valence-corrected chi connectivity index (χ1v) is 12.2. The first kappa shape index (κ1) is 21.4. The minimum Gasteiger partial charge on any atom is -0.356 e. The molecule has 0 aliphatic heterocycles. The summed E-state index contributed by atoms with van der Waals surface area (Å²) in [5, 5.41) is 6.89. The van der Waals surface area contributed by atoms with E-state index in [4.69, 9.17) is 0 Å². The van der Waals surface area contributed by atoms with Crippen molar-refractivity contribution in [3.05, 3.63) is 71.3 Å². The molecule has 0 saturated heterocycles. The first-order valence-electron chi connectivity index (χ1n) is 10.2. The number of nitrogens with one attached hydrogen (secondary N) is 2. The summed E-state index contributed by atoms with van der Waals surface area (Å²) in [5.41, 5.74) is 3.47. The Morgan fingerprint density at radius 2 is 1.59 bits per heavy atom. The average Bonchev–Trinajstić information content (AvgIpc) is 3.19. The third-order valence-electron chi connectivity index (χ3n) is 5.68. The molecule has 6 heteroatoms. The largest absolute Gasteiger partial charge is 0.356 e. The lowest BCUT2D eigenvalue weighted by Crippen LogP contribution is -2.44. The molecular formula is C23H31N3O2S. The number of hydrogen-bond donors (Lipinski definition) is 2. The van der Waals surface area contributed by atoms with E-state index >= 15 is 0 Å². The summed E-state index contributed by atoms with van der Waals surface area (Å²) < 4.78 is 22.8. The normalized spacial score (nSPS) is 16.6. The Morgan fingerprint density at radius 3 is 2.17 bits per heavy atom. The summed E-state index contributed by atoms with van der Waals surface area (Å²) in [6.45, 7) is 1.50. The first-order chi connectivity index (χ1) is 13.9. The van der Waals surface area contributed by atoms with Gasteiger partial charge in [-0.3, -0.25) is 4.99 Å². The van der Waals surface area contributed by atoms with E-state index in [9.17, 15) is 8.42 Å². The van der Waals surface area contributed by atoms with E-state index in [1.54, 1.807) is 7.05 Å². The van der Waals surface area contributed by atoms with Gasteiger partial charge in [-0.2, -0.15) is 0 Å². The van der Waals surface area contributed by atoms with Crippen LogP contribution in [0.2, 0.25) is 0 Å². The molecule has 2 aromatic rings. The number of guanidine groups is 1. The number of aliphatic imine (C=N–C) groups is 1. The molecule has 0 heterocycles. The van der Waals surface area contributed by atoms with Crippen LogP contribution in [0.15, 0.2) is 59.6 Å². The third kappa shape index (κ3) is 6.07. The molecule has 2 aromatic carbocycles. The Bertz CT molecular complexity index is 916. The molecule has 2 N–H and O–H groups in total. The van der Waals surface area contributed by atoms with Gasteiger partial charge < -0.3 is 10.6 Å². The van der Waals surface area contributed by atoms with Crippen molar-refractivity contribution >= 4 is 15.8 Å². The van der Waals surface area contributed by atoms with E-state index in [1.165, 1.54) is 37.5 Å². The van der Waals surface area contributed by atoms with Crippen LogP contribution in [0, 0.1) is 0 Å². The Morgan fingerprint density at radius 1 is 0.966 bits per heavy atom. The molecule has 1 aliphatic rings. The maximum Gasteiger partial charge on any atom is 0.191 e. The van der Waals surface area contributed by atoms with Crippen molar-refractivity contribution in [2.24, 2.45) is 4.99 Å². The summed E-state index contributed by atoms with van der Waals surface area (Å²) in [7, 11) is -1.22. The topological polar surface area (TPSA) is 70.6 Å². The number of sulfone groups is 1. The van der Waals surface area contributed by atoms with Gasteiger partial charge in [0.1, 0.15) is 0 Å². The van der Waals surface area contributed by atoms with Crippen LogP contribution in [-0.4, -0.2) is 34.2 Å². The van der Waals surface area contributed by atoms with Gasteiger partial charge in [0.2, 0.25) is 0 Å². The monoisotopic (exact) mass is 413 g/mol.